The van der Waals surface area contributed by atoms with Gasteiger partial charge in [-0.05, 0) is 20.3 Å². The highest BCUT2D eigenvalue weighted by atomic mass is 16.3. The van der Waals surface area contributed by atoms with Crippen molar-refractivity contribution in [2.45, 2.75) is 32.4 Å². The van der Waals surface area contributed by atoms with E-state index in [0.717, 1.165) is 18.5 Å². The first kappa shape index (κ1) is 8.75. The third-order valence-electron chi connectivity index (χ3n) is 2.38. The van der Waals surface area contributed by atoms with Gasteiger partial charge in [-0.3, -0.25) is 0 Å². The Kier molecular flexibility index (Phi) is 2.68. The van der Waals surface area contributed by atoms with Crippen LogP contribution in [0.25, 0.3) is 0 Å². The van der Waals surface area contributed by atoms with Gasteiger partial charge in [-0.1, -0.05) is 12.2 Å². The lowest BCUT2D eigenvalue weighted by Crippen LogP contribution is -2.45. The summed E-state index contributed by atoms with van der Waals surface area (Å²) < 4.78 is 0. The highest BCUT2D eigenvalue weighted by Crippen LogP contribution is 2.20. The van der Waals surface area contributed by atoms with Crippen molar-refractivity contribution in [3.8, 4) is 0 Å². The van der Waals surface area contributed by atoms with E-state index in [4.69, 9.17) is 0 Å². The first-order chi connectivity index (χ1) is 5.11. The molecule has 2 nitrogen and oxygen atoms in total. The molecule has 0 aromatic heterocycles. The summed E-state index contributed by atoms with van der Waals surface area (Å²) >= 11 is 0. The van der Waals surface area contributed by atoms with E-state index in [0.29, 0.717) is 6.04 Å². The topological polar surface area (TPSA) is 32.3 Å². The van der Waals surface area contributed by atoms with E-state index in [1.165, 1.54) is 0 Å². The fourth-order valence-corrected chi connectivity index (χ4v) is 1.58. The second kappa shape index (κ2) is 3.37. The Morgan fingerprint density at radius 2 is 2.27 bits per heavy atom. The zero-order chi connectivity index (χ0) is 8.43. The smallest absolute Gasteiger partial charge is 0.0632 e. The Balaban J connectivity index is 2.50. The molecule has 1 rings (SSSR count). The van der Waals surface area contributed by atoms with E-state index in [1.54, 1.807) is 0 Å². The van der Waals surface area contributed by atoms with Crippen molar-refractivity contribution in [2.24, 2.45) is 5.92 Å². The average molecular weight is 155 g/mol. The van der Waals surface area contributed by atoms with E-state index in [9.17, 15) is 5.11 Å². The number of rotatable bonds is 1. The third-order valence-corrected chi connectivity index (χ3v) is 2.38. The molecule has 2 N–H and O–H groups in total. The van der Waals surface area contributed by atoms with Crippen LogP contribution < -0.4 is 5.32 Å². The van der Waals surface area contributed by atoms with Crippen LogP contribution >= 0.6 is 0 Å². The summed E-state index contributed by atoms with van der Waals surface area (Å²) in [5, 5.41) is 12.9. The summed E-state index contributed by atoms with van der Waals surface area (Å²) in [5.41, 5.74) is 1.08. The lowest BCUT2D eigenvalue weighted by atomic mass is 9.88. The average Bonchev–Trinajstić information content (AvgIpc) is 1.85. The first-order valence-electron chi connectivity index (χ1n) is 4.18. The fourth-order valence-electron chi connectivity index (χ4n) is 1.58. The third kappa shape index (κ3) is 2.04. The van der Waals surface area contributed by atoms with Gasteiger partial charge in [0, 0.05) is 18.5 Å². The largest absolute Gasteiger partial charge is 0.392 e. The Morgan fingerprint density at radius 3 is 2.73 bits per heavy atom. The van der Waals surface area contributed by atoms with Gasteiger partial charge in [0.1, 0.15) is 0 Å². The highest BCUT2D eigenvalue weighted by molar-refractivity contribution is 5.03. The van der Waals surface area contributed by atoms with Gasteiger partial charge < -0.3 is 10.4 Å². The summed E-state index contributed by atoms with van der Waals surface area (Å²) in [4.78, 5) is 0. The van der Waals surface area contributed by atoms with E-state index in [1.807, 2.05) is 6.92 Å². The van der Waals surface area contributed by atoms with Gasteiger partial charge in [-0.15, -0.1) is 0 Å². The van der Waals surface area contributed by atoms with Crippen molar-refractivity contribution in [1.82, 2.24) is 5.32 Å². The van der Waals surface area contributed by atoms with Crippen LogP contribution in [-0.4, -0.2) is 23.8 Å². The van der Waals surface area contributed by atoms with Gasteiger partial charge in [-0.2, -0.15) is 0 Å². The van der Waals surface area contributed by atoms with Crippen LogP contribution in [0.3, 0.4) is 0 Å². The second-order valence-electron chi connectivity index (χ2n) is 3.57. The van der Waals surface area contributed by atoms with Gasteiger partial charge in [0.15, 0.2) is 0 Å². The molecule has 0 amide bonds. The number of piperidine rings is 1. The van der Waals surface area contributed by atoms with Crippen molar-refractivity contribution < 1.29 is 5.11 Å². The molecular formula is C9H17NO. The molecule has 0 aromatic rings. The normalized spacial score (nSPS) is 38.6. The van der Waals surface area contributed by atoms with Crippen molar-refractivity contribution in [3.63, 3.8) is 0 Å². The Labute approximate surface area is 68.3 Å². The van der Waals surface area contributed by atoms with E-state index < -0.39 is 0 Å². The minimum Gasteiger partial charge on any atom is -0.392 e. The van der Waals surface area contributed by atoms with Crippen LogP contribution in [0.2, 0.25) is 0 Å². The molecule has 3 unspecified atom stereocenters. The first-order valence-corrected chi connectivity index (χ1v) is 4.18. The van der Waals surface area contributed by atoms with Gasteiger partial charge in [0.2, 0.25) is 0 Å². The number of nitrogens with one attached hydrogen (secondary N) is 1. The minimum atomic E-state index is -0.191. The van der Waals surface area contributed by atoms with Gasteiger partial charge in [0.05, 0.1) is 6.10 Å². The van der Waals surface area contributed by atoms with Crippen LogP contribution in [0.1, 0.15) is 20.3 Å². The molecule has 0 aromatic carbocycles. The molecule has 1 saturated heterocycles. The molecule has 11 heavy (non-hydrogen) atoms. The molecule has 0 spiro atoms. The van der Waals surface area contributed by atoms with E-state index >= 15 is 0 Å². The maximum absolute atomic E-state index is 9.61. The molecule has 1 aliphatic rings. The van der Waals surface area contributed by atoms with Crippen molar-refractivity contribution in [3.05, 3.63) is 12.2 Å². The standard InChI is InChI=1S/C9H17NO/c1-6(2)8-5-10-7(3)4-9(8)11/h7-11H,1,4-5H2,2-3H3. The molecule has 3 atom stereocenters. The molecule has 2 heteroatoms. The van der Waals surface area contributed by atoms with Crippen LogP contribution in [-0.2, 0) is 0 Å². The number of hydrogen-bond donors (Lipinski definition) is 2. The minimum absolute atomic E-state index is 0.191. The lowest BCUT2D eigenvalue weighted by Gasteiger charge is -2.32. The van der Waals surface area contributed by atoms with Gasteiger partial charge in [-0.25, -0.2) is 0 Å². The summed E-state index contributed by atoms with van der Waals surface area (Å²) in [6.45, 7) is 8.80. The molecule has 0 aliphatic carbocycles. The van der Waals surface area contributed by atoms with E-state index in [-0.39, 0.29) is 12.0 Å². The molecule has 0 radical (unpaired) electrons. The van der Waals surface area contributed by atoms with Gasteiger partial charge in [0.25, 0.3) is 0 Å². The zero-order valence-electron chi connectivity index (χ0n) is 7.30. The fraction of sp³-hybridized carbons (Fsp3) is 0.778. The molecule has 0 saturated carbocycles. The number of aliphatic hydroxyl groups is 1. The molecular weight excluding hydrogens is 138 g/mol. The number of aliphatic hydroxyl groups excluding tert-OH is 1. The maximum Gasteiger partial charge on any atom is 0.0632 e. The van der Waals surface area contributed by atoms with Gasteiger partial charge >= 0.3 is 0 Å². The number of hydrogen-bond acceptors (Lipinski definition) is 2. The van der Waals surface area contributed by atoms with Crippen LogP contribution in [0.15, 0.2) is 12.2 Å². The van der Waals surface area contributed by atoms with Crippen LogP contribution in [0.5, 0.6) is 0 Å². The lowest BCUT2D eigenvalue weighted by molar-refractivity contribution is 0.0803. The van der Waals surface area contributed by atoms with Crippen molar-refractivity contribution in [1.29, 1.82) is 0 Å². The van der Waals surface area contributed by atoms with Crippen LogP contribution in [0, 0.1) is 5.92 Å². The molecule has 64 valence electrons. The summed E-state index contributed by atoms with van der Waals surface area (Å²) in [5.74, 6) is 0.256. The predicted molar refractivity (Wildman–Crippen MR) is 46.4 cm³/mol. The maximum atomic E-state index is 9.61. The van der Waals surface area contributed by atoms with Crippen molar-refractivity contribution in [2.75, 3.05) is 6.54 Å². The molecule has 0 bridgehead atoms. The molecule has 1 aliphatic heterocycles. The van der Waals surface area contributed by atoms with Crippen LogP contribution in [0.4, 0.5) is 0 Å². The Hall–Kier alpha value is -0.340. The predicted octanol–water partition coefficient (Wildman–Crippen LogP) is 0.921. The Morgan fingerprint density at radius 1 is 1.64 bits per heavy atom. The van der Waals surface area contributed by atoms with Crippen molar-refractivity contribution >= 4 is 0 Å². The molecule has 1 heterocycles. The summed E-state index contributed by atoms with van der Waals surface area (Å²) in [6.07, 6.45) is 0.654. The highest BCUT2D eigenvalue weighted by Gasteiger charge is 2.26. The second-order valence-corrected chi connectivity index (χ2v) is 3.57. The zero-order valence-corrected chi connectivity index (χ0v) is 7.30. The SMILES string of the molecule is C=C(C)C1CNC(C)CC1O. The monoisotopic (exact) mass is 155 g/mol. The summed E-state index contributed by atoms with van der Waals surface area (Å²) in [6, 6.07) is 0.445. The molecule has 1 fully saturated rings. The Bertz CT molecular complexity index is 156. The quantitative estimate of drug-likeness (QED) is 0.552. The van der Waals surface area contributed by atoms with E-state index in [2.05, 4.69) is 18.8 Å². The summed E-state index contributed by atoms with van der Waals surface area (Å²) in [7, 11) is 0.